The second kappa shape index (κ2) is 8.20. The van der Waals surface area contributed by atoms with Gasteiger partial charge in [0.15, 0.2) is 0 Å². The van der Waals surface area contributed by atoms with E-state index in [1.54, 1.807) is 6.21 Å². The number of hydrogen-bond acceptors (Lipinski definition) is 3. The molecule has 0 aliphatic carbocycles. The topological polar surface area (TPSA) is 42.2 Å². The molecule has 0 saturated carbocycles. The number of nitrogens with zero attached hydrogens (tertiary/aromatic N) is 3. The number of fused-ring (bicyclic) bond motifs is 1. The van der Waals surface area contributed by atoms with Crippen LogP contribution in [0.15, 0.2) is 78.2 Å². The number of nitrogens with one attached hydrogen (secondary N) is 1. The summed E-state index contributed by atoms with van der Waals surface area (Å²) in [4.78, 5) is 3.75. The molecule has 8 heteroatoms. The third-order valence-corrected chi connectivity index (χ3v) is 4.81. The number of halogens is 4. The Morgan fingerprint density at radius 3 is 2.50 bits per heavy atom. The molecule has 0 amide bonds. The minimum absolute atomic E-state index is 0.226. The lowest BCUT2D eigenvalue weighted by molar-refractivity contribution is -0.137. The minimum Gasteiger partial charge on any atom is -0.342 e. The number of aromatic nitrogens is 2. The van der Waals surface area contributed by atoms with Gasteiger partial charge in [-0.15, -0.1) is 0 Å². The van der Waals surface area contributed by atoms with Crippen molar-refractivity contribution in [3.05, 3.63) is 94.8 Å². The van der Waals surface area contributed by atoms with Gasteiger partial charge >= 0.3 is 6.18 Å². The molecule has 30 heavy (non-hydrogen) atoms. The van der Waals surface area contributed by atoms with Crippen LogP contribution in [0, 0.1) is 0 Å². The highest BCUT2D eigenvalue weighted by molar-refractivity contribution is 6.30. The maximum absolute atomic E-state index is 12.6. The third kappa shape index (κ3) is 4.46. The Morgan fingerprint density at radius 2 is 1.80 bits per heavy atom. The van der Waals surface area contributed by atoms with Crippen molar-refractivity contribution in [2.75, 3.05) is 5.43 Å². The van der Waals surface area contributed by atoms with Gasteiger partial charge in [0, 0.05) is 40.4 Å². The summed E-state index contributed by atoms with van der Waals surface area (Å²) >= 11 is 5.96. The predicted octanol–water partition coefficient (Wildman–Crippen LogP) is 6.20. The van der Waals surface area contributed by atoms with E-state index >= 15 is 0 Å². The first-order valence-corrected chi connectivity index (χ1v) is 9.42. The summed E-state index contributed by atoms with van der Waals surface area (Å²) in [5.74, 6) is 0.226. The largest absolute Gasteiger partial charge is 0.417 e. The molecule has 4 rings (SSSR count). The van der Waals surface area contributed by atoms with E-state index in [2.05, 4.69) is 20.1 Å². The molecule has 0 fully saturated rings. The van der Waals surface area contributed by atoms with E-state index in [9.17, 15) is 13.2 Å². The maximum Gasteiger partial charge on any atom is 0.417 e. The van der Waals surface area contributed by atoms with Gasteiger partial charge in [0.05, 0.1) is 11.8 Å². The summed E-state index contributed by atoms with van der Waals surface area (Å²) in [6.45, 7) is 0.666. The van der Waals surface area contributed by atoms with Gasteiger partial charge in [0.25, 0.3) is 0 Å². The number of hydrogen-bond donors (Lipinski definition) is 1. The van der Waals surface area contributed by atoms with Crippen molar-refractivity contribution in [2.24, 2.45) is 5.10 Å². The molecule has 0 aliphatic heterocycles. The lowest BCUT2D eigenvalue weighted by Gasteiger charge is -2.06. The van der Waals surface area contributed by atoms with Crippen molar-refractivity contribution >= 4 is 34.5 Å². The number of pyridine rings is 1. The van der Waals surface area contributed by atoms with Crippen LogP contribution in [0.25, 0.3) is 10.9 Å². The van der Waals surface area contributed by atoms with Crippen molar-refractivity contribution in [1.29, 1.82) is 0 Å². The van der Waals surface area contributed by atoms with E-state index in [0.717, 1.165) is 34.3 Å². The highest BCUT2D eigenvalue weighted by atomic mass is 35.5. The van der Waals surface area contributed by atoms with E-state index in [0.29, 0.717) is 11.6 Å². The number of hydrazone groups is 1. The van der Waals surface area contributed by atoms with E-state index in [1.807, 2.05) is 54.7 Å². The molecule has 1 N–H and O–H groups in total. The zero-order valence-electron chi connectivity index (χ0n) is 15.6. The SMILES string of the molecule is FC(F)(F)c1ccc(N/N=C\c2cn(Cc3ccc(Cl)cc3)c3ccccc23)nc1. The molecular weight excluding hydrogens is 413 g/mol. The van der Waals surface area contributed by atoms with Crippen LogP contribution in [0.5, 0.6) is 0 Å². The van der Waals surface area contributed by atoms with Gasteiger partial charge in [-0.3, -0.25) is 5.43 Å². The standard InChI is InChI=1S/C22H16ClF3N4/c23-18-8-5-15(6-9-18)13-30-14-16(19-3-1-2-4-20(19)30)11-28-29-21-10-7-17(12-27-21)22(24,25)26/h1-12,14H,13H2,(H,27,29)/b28-11-. The van der Waals surface area contributed by atoms with Gasteiger partial charge in [-0.2, -0.15) is 18.3 Å². The lowest BCUT2D eigenvalue weighted by atomic mass is 10.2. The normalized spacial score (nSPS) is 12.0. The van der Waals surface area contributed by atoms with E-state index in [1.165, 1.54) is 6.07 Å². The van der Waals surface area contributed by atoms with E-state index < -0.39 is 11.7 Å². The quantitative estimate of drug-likeness (QED) is 0.303. The highest BCUT2D eigenvalue weighted by Gasteiger charge is 2.30. The fourth-order valence-corrected chi connectivity index (χ4v) is 3.22. The average molecular weight is 429 g/mol. The van der Waals surface area contributed by atoms with Crippen LogP contribution >= 0.6 is 11.6 Å². The number of para-hydroxylation sites is 1. The van der Waals surface area contributed by atoms with Gasteiger partial charge in [-0.1, -0.05) is 41.9 Å². The fourth-order valence-electron chi connectivity index (χ4n) is 3.09. The van der Waals surface area contributed by atoms with Crippen molar-refractivity contribution in [1.82, 2.24) is 9.55 Å². The smallest absolute Gasteiger partial charge is 0.342 e. The summed E-state index contributed by atoms with van der Waals surface area (Å²) in [6.07, 6.45) is -0.0404. The first-order valence-electron chi connectivity index (χ1n) is 9.05. The Bertz CT molecular complexity index is 1180. The molecule has 0 saturated heterocycles. The van der Waals surface area contributed by atoms with Gasteiger partial charge in [0.1, 0.15) is 5.82 Å². The maximum atomic E-state index is 12.6. The van der Waals surface area contributed by atoms with Crippen molar-refractivity contribution in [3.63, 3.8) is 0 Å². The first-order chi connectivity index (χ1) is 14.4. The number of anilines is 1. The number of alkyl halides is 3. The monoisotopic (exact) mass is 428 g/mol. The molecular formula is C22H16ClF3N4. The summed E-state index contributed by atoms with van der Waals surface area (Å²) < 4.78 is 40.0. The van der Waals surface area contributed by atoms with Crippen LogP contribution < -0.4 is 5.43 Å². The zero-order chi connectivity index (χ0) is 21.1. The van der Waals surface area contributed by atoms with E-state index in [4.69, 9.17) is 11.6 Å². The molecule has 0 unspecified atom stereocenters. The van der Waals surface area contributed by atoms with Crippen LogP contribution in [0.3, 0.4) is 0 Å². The molecule has 152 valence electrons. The predicted molar refractivity (Wildman–Crippen MR) is 113 cm³/mol. The second-order valence-corrected chi connectivity index (χ2v) is 7.09. The fraction of sp³-hybridized carbons (Fsp3) is 0.0909. The summed E-state index contributed by atoms with van der Waals surface area (Å²) in [7, 11) is 0. The molecule has 4 aromatic rings. The highest BCUT2D eigenvalue weighted by Crippen LogP contribution is 2.29. The summed E-state index contributed by atoms with van der Waals surface area (Å²) in [6, 6.07) is 17.8. The summed E-state index contributed by atoms with van der Waals surface area (Å²) in [5.41, 5.74) is 4.89. The van der Waals surface area contributed by atoms with Gasteiger partial charge in [0.2, 0.25) is 0 Å². The van der Waals surface area contributed by atoms with Gasteiger partial charge < -0.3 is 4.57 Å². The van der Waals surface area contributed by atoms with E-state index in [-0.39, 0.29) is 5.82 Å². The number of rotatable bonds is 5. The average Bonchev–Trinajstić information content (AvgIpc) is 3.07. The molecule has 2 aromatic carbocycles. The van der Waals surface area contributed by atoms with Crippen LogP contribution in [-0.2, 0) is 12.7 Å². The minimum atomic E-state index is -4.42. The Morgan fingerprint density at radius 1 is 1.03 bits per heavy atom. The van der Waals surface area contributed by atoms with Gasteiger partial charge in [-0.05, 0) is 35.9 Å². The zero-order valence-corrected chi connectivity index (χ0v) is 16.3. The van der Waals surface area contributed by atoms with Crippen LogP contribution in [0.1, 0.15) is 16.7 Å². The molecule has 2 heterocycles. The molecule has 0 atom stereocenters. The van der Waals surface area contributed by atoms with Gasteiger partial charge in [-0.25, -0.2) is 4.98 Å². The molecule has 0 bridgehead atoms. The Labute approximate surface area is 175 Å². The third-order valence-electron chi connectivity index (χ3n) is 4.56. The Balaban J connectivity index is 1.54. The molecule has 2 aromatic heterocycles. The summed E-state index contributed by atoms with van der Waals surface area (Å²) in [5, 5.41) is 5.83. The molecule has 0 radical (unpaired) electrons. The van der Waals surface area contributed by atoms with Crippen molar-refractivity contribution < 1.29 is 13.2 Å². The number of benzene rings is 2. The molecule has 4 nitrogen and oxygen atoms in total. The van der Waals surface area contributed by atoms with Crippen LogP contribution in [-0.4, -0.2) is 15.8 Å². The van der Waals surface area contributed by atoms with Crippen LogP contribution in [0.4, 0.5) is 19.0 Å². The first kappa shape index (κ1) is 20.0. The van der Waals surface area contributed by atoms with Crippen LogP contribution in [0.2, 0.25) is 5.02 Å². The second-order valence-electron chi connectivity index (χ2n) is 6.66. The molecule has 0 aliphatic rings. The lowest BCUT2D eigenvalue weighted by Crippen LogP contribution is -2.05. The Hall–Kier alpha value is -3.32. The Kier molecular flexibility index (Phi) is 5.46. The molecule has 0 spiro atoms. The van der Waals surface area contributed by atoms with Crippen molar-refractivity contribution in [2.45, 2.75) is 12.7 Å². The van der Waals surface area contributed by atoms with Crippen molar-refractivity contribution in [3.8, 4) is 0 Å².